The molecular weight excluding hydrogens is 454 g/mol. The molecule has 36 heavy (non-hydrogen) atoms. The number of amides is 1. The van der Waals surface area contributed by atoms with Gasteiger partial charge in [0.1, 0.15) is 5.75 Å². The summed E-state index contributed by atoms with van der Waals surface area (Å²) in [4.78, 5) is 25.7. The maximum atomic E-state index is 12.8. The molecular formula is C27H27N7O2. The summed E-state index contributed by atoms with van der Waals surface area (Å²) < 4.78 is 7.48. The molecule has 0 spiro atoms. The Morgan fingerprint density at radius 1 is 1.28 bits per heavy atom. The van der Waals surface area contributed by atoms with Gasteiger partial charge in [-0.15, -0.1) is 0 Å². The van der Waals surface area contributed by atoms with Crippen molar-refractivity contribution in [1.82, 2.24) is 24.5 Å². The van der Waals surface area contributed by atoms with Crippen LogP contribution >= 0.6 is 0 Å². The quantitative estimate of drug-likeness (QED) is 0.398. The van der Waals surface area contributed by atoms with E-state index in [-0.39, 0.29) is 5.91 Å². The number of anilines is 3. The highest BCUT2D eigenvalue weighted by Gasteiger charge is 2.29. The lowest BCUT2D eigenvalue weighted by Gasteiger charge is -2.20. The maximum Gasteiger partial charge on any atom is 0.254 e. The minimum Gasteiger partial charge on any atom is -0.495 e. The zero-order chi connectivity index (χ0) is 25.2. The maximum absolute atomic E-state index is 12.8. The van der Waals surface area contributed by atoms with E-state index in [0.29, 0.717) is 23.8 Å². The lowest BCUT2D eigenvalue weighted by molar-refractivity contribution is -0.113. The first-order chi connectivity index (χ1) is 17.5. The topological polar surface area (TPSA) is 87.9 Å². The lowest BCUT2D eigenvalue weighted by atomic mass is 10.1. The highest BCUT2D eigenvalue weighted by molar-refractivity contribution is 6.06. The summed E-state index contributed by atoms with van der Waals surface area (Å²) in [5, 5.41) is 7.68. The minimum atomic E-state index is -0.179. The average molecular weight is 482 g/mol. The Morgan fingerprint density at radius 2 is 2.14 bits per heavy atom. The molecule has 1 aliphatic heterocycles. The number of carbonyl (C=O) groups excluding carboxylic acids is 1. The fraction of sp³-hybridized carbons (Fsp3) is 0.185. The molecule has 182 valence electrons. The summed E-state index contributed by atoms with van der Waals surface area (Å²) in [6.45, 7) is 4.41. The number of fused-ring (bicyclic) bond motifs is 2. The number of pyridine rings is 1. The third-order valence-electron chi connectivity index (χ3n) is 5.99. The smallest absolute Gasteiger partial charge is 0.254 e. The number of ether oxygens (including phenoxy) is 1. The van der Waals surface area contributed by atoms with Crippen LogP contribution in [0.5, 0.6) is 5.75 Å². The number of rotatable bonds is 7. The fourth-order valence-electron chi connectivity index (χ4n) is 4.28. The average Bonchev–Trinajstić information content (AvgIpc) is 3.48. The number of hydrogen-bond donors (Lipinski definition) is 1. The van der Waals surface area contributed by atoms with E-state index >= 15 is 0 Å². The van der Waals surface area contributed by atoms with Gasteiger partial charge in [-0.2, -0.15) is 5.10 Å². The molecule has 0 unspecified atom stereocenters. The van der Waals surface area contributed by atoms with Crippen molar-refractivity contribution in [3.63, 3.8) is 0 Å². The van der Waals surface area contributed by atoms with Crippen LogP contribution in [0, 0.1) is 0 Å². The van der Waals surface area contributed by atoms with Gasteiger partial charge in [0.05, 0.1) is 35.9 Å². The Balaban J connectivity index is 1.51. The molecule has 0 atom stereocenters. The largest absolute Gasteiger partial charge is 0.495 e. The summed E-state index contributed by atoms with van der Waals surface area (Å²) >= 11 is 0. The number of allylic oxidation sites excluding steroid dienone is 1. The molecule has 1 N–H and O–H groups in total. The molecule has 0 aliphatic carbocycles. The van der Waals surface area contributed by atoms with Crippen LogP contribution in [0.4, 0.5) is 17.3 Å². The molecule has 1 aromatic carbocycles. The number of nitrogens with zero attached hydrogens (tertiary/aromatic N) is 6. The van der Waals surface area contributed by atoms with Crippen molar-refractivity contribution in [2.75, 3.05) is 38.0 Å². The van der Waals surface area contributed by atoms with Gasteiger partial charge in [0.2, 0.25) is 5.95 Å². The first-order valence-electron chi connectivity index (χ1n) is 11.5. The van der Waals surface area contributed by atoms with Gasteiger partial charge >= 0.3 is 0 Å². The van der Waals surface area contributed by atoms with Crippen LogP contribution in [-0.2, 0) is 11.2 Å². The number of carbonyl (C=O) groups is 1. The van der Waals surface area contributed by atoms with Gasteiger partial charge in [-0.3, -0.25) is 9.69 Å². The molecule has 4 heterocycles. The Bertz CT molecular complexity index is 1490. The Morgan fingerprint density at radius 3 is 2.92 bits per heavy atom. The molecule has 1 aliphatic rings. The van der Waals surface area contributed by atoms with E-state index in [9.17, 15) is 4.79 Å². The van der Waals surface area contributed by atoms with Gasteiger partial charge in [0, 0.05) is 36.6 Å². The zero-order valence-corrected chi connectivity index (χ0v) is 20.5. The lowest BCUT2D eigenvalue weighted by Crippen LogP contribution is -2.26. The molecule has 3 aromatic heterocycles. The van der Waals surface area contributed by atoms with Crippen molar-refractivity contribution >= 4 is 28.7 Å². The number of nitrogens with one attached hydrogen (secondary N) is 1. The Labute approximate surface area is 209 Å². The van der Waals surface area contributed by atoms with Gasteiger partial charge in [-0.05, 0) is 56.1 Å². The van der Waals surface area contributed by atoms with E-state index in [1.54, 1.807) is 28.9 Å². The van der Waals surface area contributed by atoms with Gasteiger partial charge in [0.25, 0.3) is 5.91 Å². The highest BCUT2D eigenvalue weighted by atomic mass is 16.5. The molecule has 0 fully saturated rings. The van der Waals surface area contributed by atoms with Gasteiger partial charge in [0.15, 0.2) is 0 Å². The van der Waals surface area contributed by atoms with Crippen LogP contribution in [0.2, 0.25) is 0 Å². The zero-order valence-electron chi connectivity index (χ0n) is 20.5. The SMILES string of the molecule is C=CC(=O)N1/C(=C/CN(C)C)Cc2cc(OC)c(Nc3nccc(-c4cnn5ccccc45)n3)cc21. The van der Waals surface area contributed by atoms with Crippen molar-refractivity contribution in [3.8, 4) is 17.0 Å². The first-order valence-corrected chi connectivity index (χ1v) is 11.5. The molecule has 0 bridgehead atoms. The van der Waals surface area contributed by atoms with E-state index in [0.717, 1.165) is 40.3 Å². The molecule has 9 heteroatoms. The third-order valence-corrected chi connectivity index (χ3v) is 5.99. The summed E-state index contributed by atoms with van der Waals surface area (Å²) in [5.74, 6) is 0.865. The number of likely N-dealkylation sites (N-methyl/N-ethyl adjacent to an activating group) is 1. The van der Waals surface area contributed by atoms with E-state index in [2.05, 4.69) is 33.0 Å². The molecule has 0 radical (unpaired) electrons. The molecule has 0 saturated heterocycles. The summed E-state index contributed by atoms with van der Waals surface area (Å²) in [6.07, 6.45) is 9.40. The van der Waals surface area contributed by atoms with Gasteiger partial charge in [-0.25, -0.2) is 14.5 Å². The van der Waals surface area contributed by atoms with E-state index in [1.165, 1.54) is 6.08 Å². The molecule has 9 nitrogen and oxygen atoms in total. The van der Waals surface area contributed by atoms with E-state index in [1.807, 2.05) is 56.7 Å². The van der Waals surface area contributed by atoms with Crippen molar-refractivity contribution < 1.29 is 9.53 Å². The summed E-state index contributed by atoms with van der Waals surface area (Å²) in [6, 6.07) is 11.6. The van der Waals surface area contributed by atoms with Crippen molar-refractivity contribution in [3.05, 3.63) is 85.0 Å². The second kappa shape index (κ2) is 9.63. The van der Waals surface area contributed by atoms with Gasteiger partial charge in [-0.1, -0.05) is 18.7 Å². The fourth-order valence-corrected chi connectivity index (χ4v) is 4.28. The summed E-state index contributed by atoms with van der Waals surface area (Å²) in [5.41, 5.74) is 5.95. The predicted octanol–water partition coefficient (Wildman–Crippen LogP) is 4.06. The predicted molar refractivity (Wildman–Crippen MR) is 141 cm³/mol. The van der Waals surface area contributed by atoms with Crippen LogP contribution in [-0.4, -0.2) is 58.1 Å². The van der Waals surface area contributed by atoms with E-state index in [4.69, 9.17) is 9.72 Å². The molecule has 5 rings (SSSR count). The Hall–Kier alpha value is -4.50. The van der Waals surface area contributed by atoms with E-state index < -0.39 is 0 Å². The normalized spacial score (nSPS) is 13.9. The van der Waals surface area contributed by atoms with Crippen molar-refractivity contribution in [1.29, 1.82) is 0 Å². The third kappa shape index (κ3) is 4.32. The standard InChI is InChI=1S/C27H27N7O2/c1-5-26(35)34-19(10-13-32(2)3)14-18-15-25(36-4)22(16-24(18)34)31-27-28-11-9-21(30-27)20-17-29-33-12-7-6-8-23(20)33/h5-12,15-17H,1,13-14H2,2-4H3,(H,28,30,31)/b19-10+. The monoisotopic (exact) mass is 481 g/mol. The van der Waals surface area contributed by atoms with Crippen molar-refractivity contribution in [2.24, 2.45) is 0 Å². The second-order valence-corrected chi connectivity index (χ2v) is 8.67. The second-order valence-electron chi connectivity index (χ2n) is 8.67. The molecule has 1 amide bonds. The summed E-state index contributed by atoms with van der Waals surface area (Å²) in [7, 11) is 5.60. The highest BCUT2D eigenvalue weighted by Crippen LogP contribution is 2.42. The number of hydrogen-bond acceptors (Lipinski definition) is 7. The van der Waals surface area contributed by atoms with Gasteiger partial charge < -0.3 is 15.0 Å². The molecule has 4 aromatic rings. The Kier molecular flexibility index (Phi) is 6.22. The van der Waals surface area contributed by atoms with Crippen LogP contribution in [0.25, 0.3) is 16.8 Å². The first kappa shape index (κ1) is 23.3. The van der Waals surface area contributed by atoms with Crippen molar-refractivity contribution in [2.45, 2.75) is 6.42 Å². The van der Waals surface area contributed by atoms with Crippen LogP contribution in [0.15, 0.2) is 79.4 Å². The number of benzene rings is 1. The molecule has 0 saturated carbocycles. The number of aromatic nitrogens is 4. The van der Waals surface area contributed by atoms with Crippen LogP contribution < -0.4 is 15.0 Å². The minimum absolute atomic E-state index is 0.179. The number of methoxy groups -OCH3 is 1. The van der Waals surface area contributed by atoms with Crippen LogP contribution in [0.3, 0.4) is 0 Å². The van der Waals surface area contributed by atoms with Crippen LogP contribution in [0.1, 0.15) is 5.56 Å².